The van der Waals surface area contributed by atoms with Crippen molar-refractivity contribution < 1.29 is 28.6 Å². The molecule has 1 aliphatic heterocycles. The first kappa shape index (κ1) is 20.0. The van der Waals surface area contributed by atoms with Gasteiger partial charge in [0.05, 0.1) is 5.56 Å². The van der Waals surface area contributed by atoms with Gasteiger partial charge in [0.15, 0.2) is 18.1 Å². The zero-order valence-corrected chi connectivity index (χ0v) is 16.0. The number of esters is 1. The third-order valence-corrected chi connectivity index (χ3v) is 4.08. The van der Waals surface area contributed by atoms with Crippen LogP contribution in [-0.4, -0.2) is 51.2 Å². The highest BCUT2D eigenvalue weighted by molar-refractivity contribution is 5.92. The van der Waals surface area contributed by atoms with Gasteiger partial charge in [-0.25, -0.2) is 4.79 Å². The molecule has 3 rings (SSSR count). The molecule has 9 nitrogen and oxygen atoms in total. The minimum absolute atomic E-state index is 0.0106. The summed E-state index contributed by atoms with van der Waals surface area (Å²) >= 11 is 0. The quantitative estimate of drug-likeness (QED) is 0.568. The summed E-state index contributed by atoms with van der Waals surface area (Å²) in [6.45, 7) is -0.532. The number of nitrogens with one attached hydrogen (secondary N) is 2. The highest BCUT2D eigenvalue weighted by atomic mass is 16.6. The van der Waals surface area contributed by atoms with E-state index in [1.54, 1.807) is 48.5 Å². The van der Waals surface area contributed by atoms with Crippen LogP contribution in [0.5, 0.6) is 11.5 Å². The second kappa shape index (κ2) is 8.96. The van der Waals surface area contributed by atoms with E-state index in [2.05, 4.69) is 10.9 Å². The van der Waals surface area contributed by atoms with E-state index < -0.39 is 30.5 Å². The van der Waals surface area contributed by atoms with E-state index >= 15 is 0 Å². The molecular formula is C20H21N3O6. The Morgan fingerprint density at radius 3 is 2.41 bits per heavy atom. The van der Waals surface area contributed by atoms with E-state index in [9.17, 15) is 14.4 Å². The third-order valence-electron chi connectivity index (χ3n) is 4.08. The number of carbonyl (C=O) groups is 3. The molecule has 0 fully saturated rings. The van der Waals surface area contributed by atoms with E-state index in [0.717, 1.165) is 5.69 Å². The van der Waals surface area contributed by atoms with Crippen LogP contribution in [0.25, 0.3) is 0 Å². The van der Waals surface area contributed by atoms with Gasteiger partial charge in [0.25, 0.3) is 11.8 Å². The number of fused-ring (bicyclic) bond motifs is 1. The predicted octanol–water partition coefficient (Wildman–Crippen LogP) is 0.897. The van der Waals surface area contributed by atoms with Crippen molar-refractivity contribution in [3.63, 3.8) is 0 Å². The lowest BCUT2D eigenvalue weighted by atomic mass is 10.2. The lowest BCUT2D eigenvalue weighted by Gasteiger charge is -2.25. The van der Waals surface area contributed by atoms with Crippen LogP contribution in [0.1, 0.15) is 10.4 Å². The second-order valence-electron chi connectivity index (χ2n) is 6.42. The Hall–Kier alpha value is -3.75. The molecule has 0 unspecified atom stereocenters. The smallest absolute Gasteiger partial charge is 0.338 e. The molecule has 0 saturated heterocycles. The minimum atomic E-state index is -0.914. The van der Waals surface area contributed by atoms with Gasteiger partial charge in [-0.2, -0.15) is 0 Å². The van der Waals surface area contributed by atoms with Crippen molar-refractivity contribution >= 4 is 23.5 Å². The summed E-state index contributed by atoms with van der Waals surface area (Å²) < 4.78 is 15.9. The molecule has 29 heavy (non-hydrogen) atoms. The molecule has 1 atom stereocenters. The van der Waals surface area contributed by atoms with Gasteiger partial charge in [-0.1, -0.05) is 12.1 Å². The molecule has 0 radical (unpaired) electrons. The Morgan fingerprint density at radius 1 is 1.03 bits per heavy atom. The summed E-state index contributed by atoms with van der Waals surface area (Å²) in [5.74, 6) is -0.921. The average Bonchev–Trinajstić information content (AvgIpc) is 2.75. The molecule has 0 saturated carbocycles. The minimum Gasteiger partial charge on any atom is -0.485 e. The number of anilines is 1. The molecule has 2 N–H and O–H groups in total. The lowest BCUT2D eigenvalue weighted by molar-refractivity contribution is -0.135. The van der Waals surface area contributed by atoms with Crippen LogP contribution in [0, 0.1) is 0 Å². The molecule has 1 heterocycles. The summed E-state index contributed by atoms with van der Waals surface area (Å²) in [7, 11) is 3.77. The zero-order chi connectivity index (χ0) is 20.8. The van der Waals surface area contributed by atoms with Gasteiger partial charge in [0.1, 0.15) is 6.61 Å². The largest absolute Gasteiger partial charge is 0.485 e. The maximum absolute atomic E-state index is 12.1. The molecule has 0 aromatic heterocycles. The van der Waals surface area contributed by atoms with Gasteiger partial charge in [0.2, 0.25) is 6.10 Å². The Kier molecular flexibility index (Phi) is 6.18. The van der Waals surface area contributed by atoms with E-state index in [0.29, 0.717) is 17.1 Å². The molecule has 0 aliphatic carbocycles. The van der Waals surface area contributed by atoms with Gasteiger partial charge in [0, 0.05) is 19.8 Å². The van der Waals surface area contributed by atoms with Crippen molar-refractivity contribution in [2.45, 2.75) is 6.10 Å². The molecular weight excluding hydrogens is 378 g/mol. The van der Waals surface area contributed by atoms with Crippen LogP contribution in [0.15, 0.2) is 48.5 Å². The van der Waals surface area contributed by atoms with Crippen molar-refractivity contribution in [1.82, 2.24) is 10.9 Å². The van der Waals surface area contributed by atoms with Crippen LogP contribution in [-0.2, 0) is 14.3 Å². The Balaban J connectivity index is 1.42. The number of hydrogen-bond acceptors (Lipinski definition) is 7. The summed E-state index contributed by atoms with van der Waals surface area (Å²) in [6.07, 6.45) is -0.914. The van der Waals surface area contributed by atoms with Crippen LogP contribution < -0.4 is 25.2 Å². The Labute approximate surface area is 167 Å². The van der Waals surface area contributed by atoms with Crippen molar-refractivity contribution in [3.8, 4) is 11.5 Å². The number of ether oxygens (including phenoxy) is 3. The SMILES string of the molecule is CN(C)c1ccc(C(=O)OCC(=O)NNC(=O)[C@@H]2COc3ccccc3O2)cc1. The summed E-state index contributed by atoms with van der Waals surface area (Å²) in [5.41, 5.74) is 5.65. The highest BCUT2D eigenvalue weighted by Crippen LogP contribution is 2.30. The molecule has 2 aromatic rings. The number of para-hydroxylation sites is 2. The van der Waals surface area contributed by atoms with E-state index in [1.807, 2.05) is 19.0 Å². The van der Waals surface area contributed by atoms with Crippen LogP contribution in [0.2, 0.25) is 0 Å². The maximum atomic E-state index is 12.1. The standard InChI is InChI=1S/C20H21N3O6/c1-23(2)14-9-7-13(8-10-14)20(26)28-12-18(24)21-22-19(25)17-11-27-15-5-3-4-6-16(15)29-17/h3-10,17H,11-12H2,1-2H3,(H,21,24)(H,22,25)/t17-/m0/s1. The number of hydrogen-bond donors (Lipinski definition) is 2. The van der Waals surface area contributed by atoms with Crippen molar-refractivity contribution in [3.05, 3.63) is 54.1 Å². The number of benzene rings is 2. The topological polar surface area (TPSA) is 106 Å². The van der Waals surface area contributed by atoms with Crippen molar-refractivity contribution in [2.75, 3.05) is 32.2 Å². The Bertz CT molecular complexity index is 897. The highest BCUT2D eigenvalue weighted by Gasteiger charge is 2.27. The van der Waals surface area contributed by atoms with Gasteiger partial charge in [-0.3, -0.25) is 20.4 Å². The van der Waals surface area contributed by atoms with E-state index in [-0.39, 0.29) is 6.61 Å². The van der Waals surface area contributed by atoms with Gasteiger partial charge < -0.3 is 19.1 Å². The van der Waals surface area contributed by atoms with Gasteiger partial charge >= 0.3 is 5.97 Å². The second-order valence-corrected chi connectivity index (χ2v) is 6.42. The average molecular weight is 399 g/mol. The van der Waals surface area contributed by atoms with Crippen LogP contribution in [0.3, 0.4) is 0 Å². The number of hydrazine groups is 1. The first-order valence-corrected chi connectivity index (χ1v) is 8.86. The third kappa shape index (κ3) is 5.16. The maximum Gasteiger partial charge on any atom is 0.338 e. The fourth-order valence-corrected chi connectivity index (χ4v) is 2.51. The first-order valence-electron chi connectivity index (χ1n) is 8.86. The summed E-state index contributed by atoms with van der Waals surface area (Å²) in [6, 6.07) is 13.7. The molecule has 2 aromatic carbocycles. The zero-order valence-electron chi connectivity index (χ0n) is 16.0. The number of carbonyl (C=O) groups excluding carboxylic acids is 3. The number of rotatable bonds is 5. The van der Waals surface area contributed by atoms with E-state index in [1.165, 1.54) is 0 Å². The van der Waals surface area contributed by atoms with Gasteiger partial charge in [-0.05, 0) is 36.4 Å². The summed E-state index contributed by atoms with van der Waals surface area (Å²) in [4.78, 5) is 37.8. The van der Waals surface area contributed by atoms with Crippen LogP contribution in [0.4, 0.5) is 5.69 Å². The fourth-order valence-electron chi connectivity index (χ4n) is 2.51. The molecule has 9 heteroatoms. The molecule has 2 amide bonds. The van der Waals surface area contributed by atoms with Crippen molar-refractivity contribution in [1.29, 1.82) is 0 Å². The Morgan fingerprint density at radius 2 is 1.72 bits per heavy atom. The van der Waals surface area contributed by atoms with Crippen molar-refractivity contribution in [2.24, 2.45) is 0 Å². The molecule has 1 aliphatic rings. The normalized spacial score (nSPS) is 14.5. The molecule has 0 spiro atoms. The monoisotopic (exact) mass is 399 g/mol. The predicted molar refractivity (Wildman–Crippen MR) is 104 cm³/mol. The number of nitrogens with zero attached hydrogens (tertiary/aromatic N) is 1. The fraction of sp³-hybridized carbons (Fsp3) is 0.250. The molecule has 0 bridgehead atoms. The first-order chi connectivity index (χ1) is 13.9. The number of amides is 2. The van der Waals surface area contributed by atoms with E-state index in [4.69, 9.17) is 14.2 Å². The van der Waals surface area contributed by atoms with Crippen LogP contribution >= 0.6 is 0 Å². The summed E-state index contributed by atoms with van der Waals surface area (Å²) in [5, 5.41) is 0. The molecule has 152 valence electrons. The lowest BCUT2D eigenvalue weighted by Crippen LogP contribution is -2.51. The van der Waals surface area contributed by atoms with Gasteiger partial charge in [-0.15, -0.1) is 0 Å².